The van der Waals surface area contributed by atoms with Crippen LogP contribution < -0.4 is 9.47 Å². The van der Waals surface area contributed by atoms with Crippen molar-refractivity contribution >= 4 is 28.5 Å². The summed E-state index contributed by atoms with van der Waals surface area (Å²) in [5.41, 5.74) is 2.66. The maximum absolute atomic E-state index is 12.8. The molecule has 3 aromatic rings. The molecule has 1 aliphatic heterocycles. The molecule has 1 aromatic carbocycles. The number of carbonyl (C=O) groups is 1. The Bertz CT molecular complexity index is 1060. The Morgan fingerprint density at radius 2 is 1.87 bits per heavy atom. The molecule has 0 spiro atoms. The van der Waals surface area contributed by atoms with E-state index in [1.54, 1.807) is 20.4 Å². The van der Waals surface area contributed by atoms with E-state index in [4.69, 9.17) is 26.1 Å². The Labute approximate surface area is 180 Å². The summed E-state index contributed by atoms with van der Waals surface area (Å²) in [7, 11) is 3.20. The minimum absolute atomic E-state index is 0.128. The standard InChI is InChI=1S/C23H24ClN3O3/c1-29-20-6-3-15(11-21(20)30-2)12-22(28)27-9-7-16(8-10-27)19-5-4-17-13-18(24)14-25-23(17)26-19/h3-6,11,13-14,16H,7-10,12H2,1-2H3. The van der Waals surface area contributed by atoms with Gasteiger partial charge in [-0.1, -0.05) is 17.7 Å². The van der Waals surface area contributed by atoms with E-state index in [1.165, 1.54) is 0 Å². The number of hydrogen-bond donors (Lipinski definition) is 0. The van der Waals surface area contributed by atoms with E-state index in [9.17, 15) is 4.79 Å². The van der Waals surface area contributed by atoms with Crippen LogP contribution in [0, 0.1) is 0 Å². The van der Waals surface area contributed by atoms with Crippen LogP contribution in [0.4, 0.5) is 0 Å². The average Bonchev–Trinajstić information content (AvgIpc) is 2.78. The molecular formula is C23H24ClN3O3. The lowest BCUT2D eigenvalue weighted by Crippen LogP contribution is -2.38. The number of ether oxygens (including phenoxy) is 2. The summed E-state index contributed by atoms with van der Waals surface area (Å²) in [5.74, 6) is 1.76. The van der Waals surface area contributed by atoms with Gasteiger partial charge in [0.15, 0.2) is 17.1 Å². The van der Waals surface area contributed by atoms with Crippen LogP contribution in [0.1, 0.15) is 30.0 Å². The van der Waals surface area contributed by atoms with Crippen LogP contribution in [0.5, 0.6) is 11.5 Å². The lowest BCUT2D eigenvalue weighted by atomic mass is 9.92. The summed E-state index contributed by atoms with van der Waals surface area (Å²) in [6.45, 7) is 1.45. The minimum atomic E-state index is 0.128. The van der Waals surface area contributed by atoms with Crippen molar-refractivity contribution in [2.75, 3.05) is 27.3 Å². The number of amides is 1. The van der Waals surface area contributed by atoms with Gasteiger partial charge in [0.2, 0.25) is 5.91 Å². The van der Waals surface area contributed by atoms with Gasteiger partial charge in [0.25, 0.3) is 0 Å². The monoisotopic (exact) mass is 425 g/mol. The molecule has 0 saturated carbocycles. The predicted octanol–water partition coefficient (Wildman–Crippen LogP) is 4.25. The second-order valence-electron chi connectivity index (χ2n) is 7.46. The Morgan fingerprint density at radius 1 is 1.10 bits per heavy atom. The Morgan fingerprint density at radius 3 is 2.60 bits per heavy atom. The number of carbonyl (C=O) groups excluding carboxylic acids is 1. The fourth-order valence-electron chi connectivity index (χ4n) is 3.93. The minimum Gasteiger partial charge on any atom is -0.493 e. The van der Waals surface area contributed by atoms with E-state index in [1.807, 2.05) is 41.3 Å². The first-order chi connectivity index (χ1) is 14.6. The van der Waals surface area contributed by atoms with Crippen LogP contribution in [0.15, 0.2) is 42.6 Å². The molecule has 0 radical (unpaired) electrons. The van der Waals surface area contributed by atoms with Gasteiger partial charge >= 0.3 is 0 Å². The summed E-state index contributed by atoms with van der Waals surface area (Å²) in [6, 6.07) is 11.5. The molecule has 2 aromatic heterocycles. The number of fused-ring (bicyclic) bond motifs is 1. The summed E-state index contributed by atoms with van der Waals surface area (Å²) >= 11 is 6.00. The van der Waals surface area contributed by atoms with E-state index in [0.717, 1.165) is 42.6 Å². The molecule has 156 valence electrons. The predicted molar refractivity (Wildman–Crippen MR) is 116 cm³/mol. The highest BCUT2D eigenvalue weighted by Crippen LogP contribution is 2.30. The van der Waals surface area contributed by atoms with Crippen LogP contribution in [-0.4, -0.2) is 48.1 Å². The number of piperidine rings is 1. The lowest BCUT2D eigenvalue weighted by Gasteiger charge is -2.32. The number of nitrogens with zero attached hydrogens (tertiary/aromatic N) is 3. The van der Waals surface area contributed by atoms with Gasteiger partial charge in [-0.05, 0) is 48.7 Å². The van der Waals surface area contributed by atoms with Gasteiger partial charge in [-0.3, -0.25) is 4.79 Å². The Hall–Kier alpha value is -2.86. The fourth-order valence-corrected chi connectivity index (χ4v) is 4.09. The van der Waals surface area contributed by atoms with Crippen molar-refractivity contribution in [1.29, 1.82) is 0 Å². The zero-order valence-corrected chi connectivity index (χ0v) is 17.9. The molecule has 1 aliphatic rings. The third-order valence-electron chi connectivity index (χ3n) is 5.60. The van der Waals surface area contributed by atoms with Gasteiger partial charge in [-0.25, -0.2) is 9.97 Å². The van der Waals surface area contributed by atoms with Gasteiger partial charge in [0, 0.05) is 36.3 Å². The van der Waals surface area contributed by atoms with Gasteiger partial charge < -0.3 is 14.4 Å². The van der Waals surface area contributed by atoms with Gasteiger partial charge in [0.1, 0.15) is 0 Å². The van der Waals surface area contributed by atoms with Crippen LogP contribution in [0.2, 0.25) is 5.02 Å². The molecule has 0 N–H and O–H groups in total. The summed E-state index contributed by atoms with van der Waals surface area (Å²) < 4.78 is 10.6. The molecule has 0 unspecified atom stereocenters. The zero-order valence-electron chi connectivity index (χ0n) is 17.1. The van der Waals surface area contributed by atoms with E-state index in [2.05, 4.69) is 4.98 Å². The van der Waals surface area contributed by atoms with Crippen LogP contribution in [0.3, 0.4) is 0 Å². The second-order valence-corrected chi connectivity index (χ2v) is 7.89. The molecular weight excluding hydrogens is 402 g/mol. The van der Waals surface area contributed by atoms with Crippen LogP contribution in [-0.2, 0) is 11.2 Å². The molecule has 3 heterocycles. The SMILES string of the molecule is COc1ccc(CC(=O)N2CCC(c3ccc4cc(Cl)cnc4n3)CC2)cc1OC. The first-order valence-corrected chi connectivity index (χ1v) is 10.4. The lowest BCUT2D eigenvalue weighted by molar-refractivity contribution is -0.131. The van der Waals surface area contributed by atoms with Crippen LogP contribution >= 0.6 is 11.6 Å². The number of likely N-dealkylation sites (tertiary alicyclic amines) is 1. The summed E-state index contributed by atoms with van der Waals surface area (Å²) in [5, 5.41) is 1.55. The third kappa shape index (κ3) is 4.33. The fraction of sp³-hybridized carbons (Fsp3) is 0.348. The number of halogens is 1. The second kappa shape index (κ2) is 8.88. The summed E-state index contributed by atoms with van der Waals surface area (Å²) in [6.07, 6.45) is 3.76. The molecule has 1 amide bonds. The molecule has 4 rings (SSSR count). The van der Waals surface area contributed by atoms with Crippen molar-refractivity contribution in [3.05, 3.63) is 58.9 Å². The molecule has 1 fully saturated rings. The van der Waals surface area contributed by atoms with Gasteiger partial charge in [-0.15, -0.1) is 0 Å². The maximum atomic E-state index is 12.8. The molecule has 6 nitrogen and oxygen atoms in total. The smallest absolute Gasteiger partial charge is 0.226 e. The Kier molecular flexibility index (Phi) is 6.04. The highest BCUT2D eigenvalue weighted by molar-refractivity contribution is 6.31. The Balaban J connectivity index is 1.38. The van der Waals surface area contributed by atoms with Crippen molar-refractivity contribution in [1.82, 2.24) is 14.9 Å². The van der Waals surface area contributed by atoms with E-state index >= 15 is 0 Å². The molecule has 0 aliphatic carbocycles. The van der Waals surface area contributed by atoms with Crippen molar-refractivity contribution in [3.8, 4) is 11.5 Å². The molecule has 30 heavy (non-hydrogen) atoms. The maximum Gasteiger partial charge on any atom is 0.226 e. The first-order valence-electron chi connectivity index (χ1n) is 9.98. The van der Waals surface area contributed by atoms with Gasteiger partial charge in [0.05, 0.1) is 25.7 Å². The number of hydrogen-bond acceptors (Lipinski definition) is 5. The van der Waals surface area contributed by atoms with Crippen LogP contribution in [0.25, 0.3) is 11.0 Å². The highest BCUT2D eigenvalue weighted by atomic mass is 35.5. The normalized spacial score (nSPS) is 14.7. The average molecular weight is 426 g/mol. The summed E-state index contributed by atoms with van der Waals surface area (Å²) in [4.78, 5) is 23.8. The molecule has 0 atom stereocenters. The van der Waals surface area contributed by atoms with E-state index in [-0.39, 0.29) is 5.91 Å². The van der Waals surface area contributed by atoms with Crippen molar-refractivity contribution < 1.29 is 14.3 Å². The van der Waals surface area contributed by atoms with Crippen molar-refractivity contribution in [2.24, 2.45) is 0 Å². The quantitative estimate of drug-likeness (QED) is 0.611. The van der Waals surface area contributed by atoms with Crippen molar-refractivity contribution in [2.45, 2.75) is 25.2 Å². The number of aromatic nitrogens is 2. The number of methoxy groups -OCH3 is 2. The zero-order chi connectivity index (χ0) is 21.1. The largest absolute Gasteiger partial charge is 0.493 e. The number of pyridine rings is 2. The third-order valence-corrected chi connectivity index (χ3v) is 5.81. The molecule has 7 heteroatoms. The first kappa shape index (κ1) is 20.4. The van der Waals surface area contributed by atoms with E-state index < -0.39 is 0 Å². The van der Waals surface area contributed by atoms with Crippen molar-refractivity contribution in [3.63, 3.8) is 0 Å². The molecule has 1 saturated heterocycles. The van der Waals surface area contributed by atoms with Gasteiger partial charge in [-0.2, -0.15) is 0 Å². The number of rotatable bonds is 5. The van der Waals surface area contributed by atoms with E-state index in [0.29, 0.717) is 34.5 Å². The topological polar surface area (TPSA) is 64.5 Å². The highest BCUT2D eigenvalue weighted by Gasteiger charge is 2.25. The number of benzene rings is 1. The molecule has 0 bridgehead atoms.